The topological polar surface area (TPSA) is 46.5 Å². The first-order chi connectivity index (χ1) is 6.90. The summed E-state index contributed by atoms with van der Waals surface area (Å²) in [6.07, 6.45) is 0.487. The second-order valence-electron chi connectivity index (χ2n) is 6.06. The van der Waals surface area contributed by atoms with Crippen molar-refractivity contribution < 1.29 is 23.9 Å². The molecule has 1 atom stereocenters. The lowest BCUT2D eigenvalue weighted by Gasteiger charge is -2.40. The van der Waals surface area contributed by atoms with Crippen LogP contribution in [0.3, 0.4) is 0 Å². The second kappa shape index (κ2) is 4.69. The van der Waals surface area contributed by atoms with Crippen molar-refractivity contribution in [2.45, 2.75) is 18.9 Å². The fraction of sp³-hybridized carbons (Fsp3) is 0.909. The van der Waals surface area contributed by atoms with E-state index in [-0.39, 0.29) is 0 Å². The number of aliphatic carboxylic acids is 1. The number of quaternary nitrogens is 2. The predicted octanol–water partition coefficient (Wildman–Crippen LogP) is 0.564. The standard InChI is InChI=1S/C11H25N2O3/c1-11(10(14)15,12(2,3)4)8-9-16-13(5,6)7/h8-9H2,1-7H3/q+1/p+1. The van der Waals surface area contributed by atoms with Crippen LogP contribution in [-0.2, 0) is 9.63 Å². The van der Waals surface area contributed by atoms with E-state index in [1.165, 1.54) is 0 Å². The fourth-order valence-corrected chi connectivity index (χ4v) is 1.25. The third-order valence-corrected chi connectivity index (χ3v) is 3.01. The highest BCUT2D eigenvalue weighted by atomic mass is 16.7. The average molecular weight is 234 g/mol. The first-order valence-electron chi connectivity index (χ1n) is 5.41. The highest BCUT2D eigenvalue weighted by Gasteiger charge is 2.46. The Balaban J connectivity index is 4.55. The number of rotatable bonds is 6. The Labute approximate surface area is 98.4 Å². The van der Waals surface area contributed by atoms with Crippen LogP contribution in [-0.4, -0.2) is 74.6 Å². The van der Waals surface area contributed by atoms with Crippen LogP contribution in [0.5, 0.6) is 0 Å². The molecule has 5 nitrogen and oxygen atoms in total. The predicted molar refractivity (Wildman–Crippen MR) is 62.7 cm³/mol. The van der Waals surface area contributed by atoms with Crippen LogP contribution < -0.4 is 0 Å². The minimum atomic E-state index is -0.824. The van der Waals surface area contributed by atoms with Crippen molar-refractivity contribution in [1.29, 1.82) is 0 Å². The van der Waals surface area contributed by atoms with Crippen molar-refractivity contribution in [3.05, 3.63) is 0 Å². The summed E-state index contributed by atoms with van der Waals surface area (Å²) < 4.78 is 0.760. The van der Waals surface area contributed by atoms with E-state index in [9.17, 15) is 9.90 Å². The van der Waals surface area contributed by atoms with E-state index in [0.717, 1.165) is 0 Å². The molecule has 0 amide bonds. The lowest BCUT2D eigenvalue weighted by molar-refractivity contribution is -1.06. The van der Waals surface area contributed by atoms with Gasteiger partial charge in [-0.15, -0.1) is 0 Å². The number of hydroxylamine groups is 3. The summed E-state index contributed by atoms with van der Waals surface area (Å²) in [5, 5.41) is 9.32. The van der Waals surface area contributed by atoms with Gasteiger partial charge in [-0.05, 0) is 0 Å². The van der Waals surface area contributed by atoms with Gasteiger partial charge < -0.3 is 9.59 Å². The number of hydrogen-bond acceptors (Lipinski definition) is 2. The second-order valence-corrected chi connectivity index (χ2v) is 6.06. The summed E-state index contributed by atoms with van der Waals surface area (Å²) in [5.41, 5.74) is -0.824. The van der Waals surface area contributed by atoms with E-state index in [0.29, 0.717) is 22.2 Å². The van der Waals surface area contributed by atoms with Gasteiger partial charge in [0.2, 0.25) is 0 Å². The third-order valence-electron chi connectivity index (χ3n) is 3.01. The lowest BCUT2D eigenvalue weighted by atomic mass is 9.95. The summed E-state index contributed by atoms with van der Waals surface area (Å²) in [6, 6.07) is 0. The normalized spacial score (nSPS) is 16.9. The summed E-state index contributed by atoms with van der Waals surface area (Å²) in [6.45, 7) is 2.19. The molecular formula is C11H26N2O3+2. The van der Waals surface area contributed by atoms with Crippen LogP contribution >= 0.6 is 0 Å². The number of likely N-dealkylation sites (N-methyl/N-ethyl adjacent to an activating group) is 1. The van der Waals surface area contributed by atoms with Crippen LogP contribution in [0.25, 0.3) is 0 Å². The number of carbonyl (C=O) groups is 1. The van der Waals surface area contributed by atoms with Crippen LogP contribution in [0.2, 0.25) is 0 Å². The highest BCUT2D eigenvalue weighted by molar-refractivity contribution is 5.76. The Morgan fingerprint density at radius 3 is 1.88 bits per heavy atom. The van der Waals surface area contributed by atoms with Gasteiger partial charge in [0, 0.05) is 13.3 Å². The Morgan fingerprint density at radius 2 is 1.62 bits per heavy atom. The average Bonchev–Trinajstić information content (AvgIpc) is 1.98. The largest absolute Gasteiger partial charge is 0.477 e. The zero-order chi connectivity index (χ0) is 13.2. The number of nitrogens with zero attached hydrogens (tertiary/aromatic N) is 2. The zero-order valence-corrected chi connectivity index (χ0v) is 11.6. The summed E-state index contributed by atoms with van der Waals surface area (Å²) in [7, 11) is 11.4. The molecule has 0 saturated carbocycles. The summed E-state index contributed by atoms with van der Waals surface area (Å²) in [5.74, 6) is -0.787. The molecule has 0 aliphatic carbocycles. The molecule has 0 rings (SSSR count). The molecular weight excluding hydrogens is 208 g/mol. The Kier molecular flexibility index (Phi) is 4.50. The Hall–Kier alpha value is -0.650. The zero-order valence-electron chi connectivity index (χ0n) is 11.6. The number of carboxylic acid groups (broad SMARTS) is 1. The van der Waals surface area contributed by atoms with Gasteiger partial charge in [-0.3, -0.25) is 0 Å². The van der Waals surface area contributed by atoms with Gasteiger partial charge in [-0.25, -0.2) is 9.63 Å². The van der Waals surface area contributed by atoms with Gasteiger partial charge >= 0.3 is 5.97 Å². The first kappa shape index (κ1) is 15.3. The molecule has 0 fully saturated rings. The Bertz CT molecular complexity index is 253. The molecule has 0 aromatic heterocycles. The quantitative estimate of drug-likeness (QED) is 0.540. The molecule has 0 bridgehead atoms. The lowest BCUT2D eigenvalue weighted by Crippen LogP contribution is -2.60. The molecule has 0 radical (unpaired) electrons. The number of hydrogen-bond donors (Lipinski definition) is 1. The van der Waals surface area contributed by atoms with Crippen molar-refractivity contribution in [1.82, 2.24) is 0 Å². The van der Waals surface area contributed by atoms with Crippen LogP contribution in [0.15, 0.2) is 0 Å². The Morgan fingerprint density at radius 1 is 1.19 bits per heavy atom. The highest BCUT2D eigenvalue weighted by Crippen LogP contribution is 2.23. The van der Waals surface area contributed by atoms with Crippen molar-refractivity contribution >= 4 is 5.97 Å². The van der Waals surface area contributed by atoms with Crippen LogP contribution in [0, 0.1) is 0 Å². The van der Waals surface area contributed by atoms with E-state index in [2.05, 4.69) is 0 Å². The first-order valence-corrected chi connectivity index (χ1v) is 5.41. The van der Waals surface area contributed by atoms with Crippen molar-refractivity contribution in [3.8, 4) is 0 Å². The molecule has 0 spiro atoms. The molecule has 0 heterocycles. The molecule has 0 aliphatic rings. The van der Waals surface area contributed by atoms with E-state index in [4.69, 9.17) is 4.84 Å². The third kappa shape index (κ3) is 4.08. The smallest absolute Gasteiger partial charge is 0.365 e. The van der Waals surface area contributed by atoms with Gasteiger partial charge in [0.05, 0.1) is 42.3 Å². The van der Waals surface area contributed by atoms with Gasteiger partial charge in [0.1, 0.15) is 6.61 Å². The molecule has 0 aromatic carbocycles. The van der Waals surface area contributed by atoms with Gasteiger partial charge in [-0.2, -0.15) is 4.65 Å². The van der Waals surface area contributed by atoms with Gasteiger partial charge in [0.25, 0.3) is 0 Å². The summed E-state index contributed by atoms with van der Waals surface area (Å²) >= 11 is 0. The fourth-order valence-electron chi connectivity index (χ4n) is 1.25. The molecule has 0 saturated heterocycles. The minimum absolute atomic E-state index is 0.378. The van der Waals surface area contributed by atoms with Gasteiger partial charge in [0.15, 0.2) is 5.54 Å². The maximum absolute atomic E-state index is 11.3. The monoisotopic (exact) mass is 234 g/mol. The molecule has 96 valence electrons. The van der Waals surface area contributed by atoms with Crippen LogP contribution in [0.4, 0.5) is 0 Å². The van der Waals surface area contributed by atoms with Crippen molar-refractivity contribution in [3.63, 3.8) is 0 Å². The minimum Gasteiger partial charge on any atom is -0.477 e. The molecule has 1 unspecified atom stereocenters. The number of carboxylic acids is 1. The van der Waals surface area contributed by atoms with Crippen LogP contribution in [0.1, 0.15) is 13.3 Å². The summed E-state index contributed by atoms with van der Waals surface area (Å²) in [4.78, 5) is 16.9. The van der Waals surface area contributed by atoms with Crippen molar-refractivity contribution in [2.75, 3.05) is 48.9 Å². The maximum Gasteiger partial charge on any atom is 0.365 e. The van der Waals surface area contributed by atoms with Gasteiger partial charge in [-0.1, -0.05) is 0 Å². The van der Waals surface area contributed by atoms with E-state index in [1.54, 1.807) is 6.92 Å². The maximum atomic E-state index is 11.3. The molecule has 1 N–H and O–H groups in total. The van der Waals surface area contributed by atoms with E-state index in [1.807, 2.05) is 42.3 Å². The van der Waals surface area contributed by atoms with Crippen molar-refractivity contribution in [2.24, 2.45) is 0 Å². The SMILES string of the molecule is CC(CCO[N+](C)(C)C)(C(=O)O)[N+](C)(C)C. The molecule has 16 heavy (non-hydrogen) atoms. The molecule has 5 heteroatoms. The van der Waals surface area contributed by atoms with E-state index >= 15 is 0 Å². The molecule has 0 aliphatic heterocycles. The molecule has 0 aromatic rings. The van der Waals surface area contributed by atoms with E-state index < -0.39 is 11.5 Å².